The maximum Gasteiger partial charge on any atom is 0.0423 e. The molecule has 1 aliphatic rings. The molecule has 1 aliphatic heterocycles. The lowest BCUT2D eigenvalue weighted by atomic mass is 10.1. The Kier molecular flexibility index (Phi) is 2.73. The lowest BCUT2D eigenvalue weighted by Gasteiger charge is -2.26. The number of rotatable bonds is 2. The normalized spacial score (nSPS) is 21.1. The average Bonchev–Trinajstić information content (AvgIpc) is 2.69. The molecule has 2 rings (SSSR count). The summed E-state index contributed by atoms with van der Waals surface area (Å²) in [4.78, 5) is 2.38. The largest absolute Gasteiger partial charge is 0.370 e. The summed E-state index contributed by atoms with van der Waals surface area (Å²) in [5.74, 6) is 0. The molecule has 0 bridgehead atoms. The van der Waals surface area contributed by atoms with Gasteiger partial charge in [0, 0.05) is 25.3 Å². The van der Waals surface area contributed by atoms with Crippen LogP contribution in [0.3, 0.4) is 0 Å². The van der Waals surface area contributed by atoms with Gasteiger partial charge >= 0.3 is 0 Å². The van der Waals surface area contributed by atoms with E-state index in [4.69, 9.17) is 0 Å². The summed E-state index contributed by atoms with van der Waals surface area (Å²) in [6.07, 6.45) is 1.25. The van der Waals surface area contributed by atoms with Gasteiger partial charge < -0.3 is 10.2 Å². The van der Waals surface area contributed by atoms with Crippen molar-refractivity contribution in [2.45, 2.75) is 19.4 Å². The minimum Gasteiger partial charge on any atom is -0.370 e. The number of nitrogens with zero attached hydrogens (tertiary/aromatic N) is 1. The fourth-order valence-corrected chi connectivity index (χ4v) is 2.03. The highest BCUT2D eigenvalue weighted by Gasteiger charge is 2.19. The van der Waals surface area contributed by atoms with Gasteiger partial charge in [-0.1, -0.05) is 12.1 Å². The summed E-state index contributed by atoms with van der Waals surface area (Å²) in [7, 11) is 2.19. The molecule has 14 heavy (non-hydrogen) atoms. The Labute approximate surface area is 85.9 Å². The third-order valence-electron chi connectivity index (χ3n) is 2.99. The van der Waals surface area contributed by atoms with E-state index >= 15 is 0 Å². The Bertz CT molecular complexity index is 303. The maximum absolute atomic E-state index is 3.40. The number of hydrogen-bond donors (Lipinski definition) is 1. The molecule has 2 heteroatoms. The smallest absolute Gasteiger partial charge is 0.0423 e. The van der Waals surface area contributed by atoms with Crippen molar-refractivity contribution in [2.24, 2.45) is 0 Å². The Hall–Kier alpha value is -1.02. The van der Waals surface area contributed by atoms with Crippen molar-refractivity contribution < 1.29 is 0 Å². The van der Waals surface area contributed by atoms with Crippen LogP contribution in [0.5, 0.6) is 0 Å². The first-order valence-electron chi connectivity index (χ1n) is 5.27. The standard InChI is InChI=1S/C12H18N2/c1-10-4-3-5-11(8-10)14(2)12-6-7-13-9-12/h3-5,8,12-13H,6-7,9H2,1-2H3. The Morgan fingerprint density at radius 3 is 2.93 bits per heavy atom. The monoisotopic (exact) mass is 190 g/mol. The highest BCUT2D eigenvalue weighted by molar-refractivity contribution is 5.48. The number of likely N-dealkylation sites (N-methyl/N-ethyl adjacent to an activating group) is 1. The Morgan fingerprint density at radius 2 is 2.29 bits per heavy atom. The first kappa shape index (κ1) is 9.53. The third-order valence-corrected chi connectivity index (χ3v) is 2.99. The number of aryl methyl sites for hydroxylation is 1. The number of hydrogen-bond acceptors (Lipinski definition) is 2. The highest BCUT2D eigenvalue weighted by Crippen LogP contribution is 2.19. The predicted molar refractivity (Wildman–Crippen MR) is 60.9 cm³/mol. The Morgan fingerprint density at radius 1 is 1.43 bits per heavy atom. The van der Waals surface area contributed by atoms with Gasteiger partial charge in [0.25, 0.3) is 0 Å². The molecule has 1 atom stereocenters. The van der Waals surface area contributed by atoms with E-state index in [9.17, 15) is 0 Å². The molecule has 1 aromatic carbocycles. The molecule has 2 nitrogen and oxygen atoms in total. The molecule has 0 spiro atoms. The van der Waals surface area contributed by atoms with Gasteiger partial charge in [-0.15, -0.1) is 0 Å². The maximum atomic E-state index is 3.40. The van der Waals surface area contributed by atoms with Crippen LogP contribution in [-0.4, -0.2) is 26.2 Å². The second-order valence-corrected chi connectivity index (χ2v) is 4.10. The molecule has 76 valence electrons. The van der Waals surface area contributed by atoms with Crippen LogP contribution in [0.1, 0.15) is 12.0 Å². The molecule has 1 heterocycles. The number of anilines is 1. The van der Waals surface area contributed by atoms with Crippen LogP contribution in [0.25, 0.3) is 0 Å². The second-order valence-electron chi connectivity index (χ2n) is 4.10. The van der Waals surface area contributed by atoms with Gasteiger partial charge in [-0.25, -0.2) is 0 Å². The molecule has 0 aliphatic carbocycles. The zero-order valence-electron chi connectivity index (χ0n) is 8.96. The molecule has 0 saturated carbocycles. The molecule has 1 saturated heterocycles. The van der Waals surface area contributed by atoms with Crippen LogP contribution < -0.4 is 10.2 Å². The predicted octanol–water partition coefficient (Wildman–Crippen LogP) is 1.79. The van der Waals surface area contributed by atoms with E-state index in [-0.39, 0.29) is 0 Å². The number of benzene rings is 1. The average molecular weight is 190 g/mol. The summed E-state index contributed by atoms with van der Waals surface area (Å²) in [6.45, 7) is 4.41. The fourth-order valence-electron chi connectivity index (χ4n) is 2.03. The first-order valence-corrected chi connectivity index (χ1v) is 5.27. The molecular weight excluding hydrogens is 172 g/mol. The zero-order valence-corrected chi connectivity index (χ0v) is 8.96. The van der Waals surface area contributed by atoms with E-state index in [1.54, 1.807) is 0 Å². The third kappa shape index (κ3) is 1.90. The van der Waals surface area contributed by atoms with Gasteiger partial charge in [-0.05, 0) is 37.6 Å². The van der Waals surface area contributed by atoms with Gasteiger partial charge in [0.05, 0.1) is 0 Å². The van der Waals surface area contributed by atoms with Crippen molar-refractivity contribution in [3.63, 3.8) is 0 Å². The fraction of sp³-hybridized carbons (Fsp3) is 0.500. The molecule has 0 amide bonds. The van der Waals surface area contributed by atoms with Crippen LogP contribution >= 0.6 is 0 Å². The van der Waals surface area contributed by atoms with Crippen LogP contribution in [-0.2, 0) is 0 Å². The van der Waals surface area contributed by atoms with Crippen LogP contribution in [0.2, 0.25) is 0 Å². The van der Waals surface area contributed by atoms with Crippen molar-refractivity contribution in [3.8, 4) is 0 Å². The molecular formula is C12H18N2. The summed E-state index contributed by atoms with van der Waals surface area (Å²) < 4.78 is 0. The quantitative estimate of drug-likeness (QED) is 0.765. The van der Waals surface area contributed by atoms with Crippen molar-refractivity contribution in [1.29, 1.82) is 0 Å². The van der Waals surface area contributed by atoms with E-state index in [1.165, 1.54) is 17.7 Å². The van der Waals surface area contributed by atoms with Crippen LogP contribution in [0.4, 0.5) is 5.69 Å². The molecule has 0 aromatic heterocycles. The van der Waals surface area contributed by atoms with Crippen molar-refractivity contribution in [3.05, 3.63) is 29.8 Å². The summed E-state index contributed by atoms with van der Waals surface area (Å²) in [6, 6.07) is 9.37. The Balaban J connectivity index is 2.13. The molecule has 0 radical (unpaired) electrons. The van der Waals surface area contributed by atoms with Crippen molar-refractivity contribution in [1.82, 2.24) is 5.32 Å². The van der Waals surface area contributed by atoms with E-state index in [2.05, 4.69) is 48.5 Å². The number of nitrogens with one attached hydrogen (secondary N) is 1. The van der Waals surface area contributed by atoms with Crippen LogP contribution in [0, 0.1) is 6.92 Å². The van der Waals surface area contributed by atoms with Crippen molar-refractivity contribution in [2.75, 3.05) is 25.0 Å². The van der Waals surface area contributed by atoms with Crippen LogP contribution in [0.15, 0.2) is 24.3 Å². The zero-order chi connectivity index (χ0) is 9.97. The molecule has 1 unspecified atom stereocenters. The van der Waals surface area contributed by atoms with Crippen molar-refractivity contribution >= 4 is 5.69 Å². The van der Waals surface area contributed by atoms with E-state index in [1.807, 2.05) is 0 Å². The topological polar surface area (TPSA) is 15.3 Å². The van der Waals surface area contributed by atoms with Gasteiger partial charge in [-0.3, -0.25) is 0 Å². The molecule has 1 aromatic rings. The second kappa shape index (κ2) is 4.01. The van der Waals surface area contributed by atoms with Gasteiger partial charge in [0.2, 0.25) is 0 Å². The van der Waals surface area contributed by atoms with Gasteiger partial charge in [0.15, 0.2) is 0 Å². The highest BCUT2D eigenvalue weighted by atomic mass is 15.2. The first-order chi connectivity index (χ1) is 6.77. The molecule has 1 N–H and O–H groups in total. The molecule has 1 fully saturated rings. The summed E-state index contributed by atoms with van der Waals surface area (Å²) in [5.41, 5.74) is 2.67. The van der Waals surface area contributed by atoms with Gasteiger partial charge in [-0.2, -0.15) is 0 Å². The van der Waals surface area contributed by atoms with E-state index in [0.717, 1.165) is 13.1 Å². The van der Waals surface area contributed by atoms with Gasteiger partial charge in [0.1, 0.15) is 0 Å². The minimum atomic E-state index is 0.664. The minimum absolute atomic E-state index is 0.664. The summed E-state index contributed by atoms with van der Waals surface area (Å²) in [5, 5.41) is 3.40. The SMILES string of the molecule is Cc1cccc(N(C)C2CCNC2)c1. The summed E-state index contributed by atoms with van der Waals surface area (Å²) >= 11 is 0. The van der Waals surface area contributed by atoms with E-state index in [0.29, 0.717) is 6.04 Å². The lowest BCUT2D eigenvalue weighted by Crippen LogP contribution is -2.33. The lowest BCUT2D eigenvalue weighted by molar-refractivity contribution is 0.685. The van der Waals surface area contributed by atoms with E-state index < -0.39 is 0 Å².